The van der Waals surface area contributed by atoms with Gasteiger partial charge in [-0.1, -0.05) is 20.8 Å². The van der Waals surface area contributed by atoms with Crippen LogP contribution in [0.15, 0.2) is 23.6 Å². The second-order valence-electron chi connectivity index (χ2n) is 7.36. The Kier molecular flexibility index (Phi) is 6.03. The number of ether oxygens (including phenoxy) is 2. The molecule has 2 heterocycles. The minimum Gasteiger partial charge on any atom is -0.478 e. The Morgan fingerprint density at radius 2 is 2.11 bits per heavy atom. The molecule has 2 aromatic rings. The molecular weight excluding hydrogens is 376 g/mol. The number of carbonyl (C=O) groups is 2. The second-order valence-corrected chi connectivity index (χ2v) is 8.42. The van der Waals surface area contributed by atoms with Crippen molar-refractivity contribution >= 4 is 28.9 Å². The maximum absolute atomic E-state index is 13.0. The molecule has 7 heteroatoms. The SMILES string of the molecule is CCC1Oc2ccc(-c3csc(C)n3)cc2N(C(C)C(=O)OCC(C)C)C1=O. The molecule has 0 saturated heterocycles. The Morgan fingerprint density at radius 1 is 1.36 bits per heavy atom. The zero-order chi connectivity index (χ0) is 20.4. The van der Waals surface area contributed by atoms with E-state index < -0.39 is 18.1 Å². The summed E-state index contributed by atoms with van der Waals surface area (Å²) in [6.45, 7) is 9.81. The molecule has 1 aliphatic rings. The Hall–Kier alpha value is -2.41. The van der Waals surface area contributed by atoms with Crippen molar-refractivity contribution in [2.75, 3.05) is 11.5 Å². The van der Waals surface area contributed by atoms with Crippen LogP contribution >= 0.6 is 11.3 Å². The van der Waals surface area contributed by atoms with Crippen molar-refractivity contribution in [3.05, 3.63) is 28.6 Å². The molecule has 0 fully saturated rings. The second kappa shape index (κ2) is 8.31. The standard InChI is InChI=1S/C21H26N2O4S/c1-6-18-20(24)23(13(4)21(25)26-10-12(2)3)17-9-15(7-8-19(17)27-18)16-11-28-14(5)22-16/h7-9,11-13,18H,6,10H2,1-5H3. The fraction of sp³-hybridized carbons (Fsp3) is 0.476. The maximum atomic E-state index is 13.0. The van der Waals surface area contributed by atoms with E-state index in [1.165, 1.54) is 4.90 Å². The summed E-state index contributed by atoms with van der Waals surface area (Å²) in [5, 5.41) is 2.94. The number of aromatic nitrogens is 1. The molecule has 0 aliphatic carbocycles. The molecular formula is C21H26N2O4S. The number of rotatable bonds is 6. The minimum atomic E-state index is -0.740. The fourth-order valence-electron chi connectivity index (χ4n) is 3.07. The van der Waals surface area contributed by atoms with Crippen molar-refractivity contribution in [1.82, 2.24) is 4.98 Å². The van der Waals surface area contributed by atoms with Gasteiger partial charge in [0.05, 0.1) is 23.0 Å². The molecule has 28 heavy (non-hydrogen) atoms. The molecule has 1 aromatic heterocycles. The van der Waals surface area contributed by atoms with Crippen molar-refractivity contribution in [3.8, 4) is 17.0 Å². The van der Waals surface area contributed by atoms with Gasteiger partial charge in [0.15, 0.2) is 6.10 Å². The van der Waals surface area contributed by atoms with Crippen molar-refractivity contribution in [1.29, 1.82) is 0 Å². The van der Waals surface area contributed by atoms with Crippen molar-refractivity contribution in [3.63, 3.8) is 0 Å². The van der Waals surface area contributed by atoms with Gasteiger partial charge in [-0.2, -0.15) is 0 Å². The Balaban J connectivity index is 1.98. The van der Waals surface area contributed by atoms with Gasteiger partial charge in [-0.3, -0.25) is 9.69 Å². The fourth-order valence-corrected chi connectivity index (χ4v) is 3.69. The van der Waals surface area contributed by atoms with Crippen LogP contribution < -0.4 is 9.64 Å². The number of fused-ring (bicyclic) bond motifs is 1. The van der Waals surface area contributed by atoms with Crippen LogP contribution in [0.5, 0.6) is 5.75 Å². The van der Waals surface area contributed by atoms with Crippen LogP contribution in [-0.4, -0.2) is 35.6 Å². The predicted octanol–water partition coefficient (Wildman–Crippen LogP) is 4.21. The number of amides is 1. The number of anilines is 1. The molecule has 3 rings (SSSR count). The van der Waals surface area contributed by atoms with Gasteiger partial charge >= 0.3 is 5.97 Å². The van der Waals surface area contributed by atoms with E-state index in [4.69, 9.17) is 9.47 Å². The number of carbonyl (C=O) groups excluding carboxylic acids is 2. The maximum Gasteiger partial charge on any atom is 0.328 e. The number of hydrogen-bond donors (Lipinski definition) is 0. The summed E-state index contributed by atoms with van der Waals surface area (Å²) < 4.78 is 11.3. The molecule has 1 aliphatic heterocycles. The van der Waals surface area contributed by atoms with Gasteiger partial charge < -0.3 is 9.47 Å². The van der Waals surface area contributed by atoms with Gasteiger partial charge in [0.2, 0.25) is 0 Å². The lowest BCUT2D eigenvalue weighted by Crippen LogP contribution is -2.52. The third-order valence-electron chi connectivity index (χ3n) is 4.57. The van der Waals surface area contributed by atoms with Crippen LogP contribution in [-0.2, 0) is 14.3 Å². The normalized spacial score (nSPS) is 17.3. The van der Waals surface area contributed by atoms with E-state index in [1.807, 2.05) is 51.3 Å². The van der Waals surface area contributed by atoms with E-state index >= 15 is 0 Å². The predicted molar refractivity (Wildman–Crippen MR) is 110 cm³/mol. The Morgan fingerprint density at radius 3 is 2.71 bits per heavy atom. The van der Waals surface area contributed by atoms with E-state index in [9.17, 15) is 9.59 Å². The third-order valence-corrected chi connectivity index (χ3v) is 5.35. The zero-order valence-corrected chi connectivity index (χ0v) is 17.7. The summed E-state index contributed by atoms with van der Waals surface area (Å²) in [5.74, 6) is 0.174. The number of thiazole rings is 1. The zero-order valence-electron chi connectivity index (χ0n) is 16.9. The lowest BCUT2D eigenvalue weighted by molar-refractivity contribution is -0.147. The quantitative estimate of drug-likeness (QED) is 0.677. The van der Waals surface area contributed by atoms with E-state index in [2.05, 4.69) is 4.98 Å². The Labute approximate surface area is 169 Å². The highest BCUT2D eigenvalue weighted by Crippen LogP contribution is 2.39. The summed E-state index contributed by atoms with van der Waals surface area (Å²) >= 11 is 1.57. The lowest BCUT2D eigenvalue weighted by atomic mass is 10.1. The first-order valence-corrected chi connectivity index (χ1v) is 10.4. The highest BCUT2D eigenvalue weighted by atomic mass is 32.1. The number of hydrogen-bond acceptors (Lipinski definition) is 6. The van der Waals surface area contributed by atoms with E-state index in [-0.39, 0.29) is 11.8 Å². The van der Waals surface area contributed by atoms with E-state index in [0.29, 0.717) is 24.5 Å². The van der Waals surface area contributed by atoms with Gasteiger partial charge in [-0.25, -0.2) is 9.78 Å². The first-order chi connectivity index (χ1) is 13.3. The summed E-state index contributed by atoms with van der Waals surface area (Å²) in [4.78, 5) is 31.7. The average Bonchev–Trinajstić information content (AvgIpc) is 3.11. The molecule has 0 N–H and O–H groups in total. The molecule has 150 valence electrons. The van der Waals surface area contributed by atoms with E-state index in [1.54, 1.807) is 18.3 Å². The van der Waals surface area contributed by atoms with Crippen molar-refractivity contribution < 1.29 is 19.1 Å². The Bertz CT molecular complexity index is 877. The molecule has 0 saturated carbocycles. The van der Waals surface area contributed by atoms with Crippen LogP contribution in [0.1, 0.15) is 39.1 Å². The highest BCUT2D eigenvalue weighted by Gasteiger charge is 2.39. The molecule has 2 unspecified atom stereocenters. The lowest BCUT2D eigenvalue weighted by Gasteiger charge is -2.37. The van der Waals surface area contributed by atoms with Crippen LogP contribution in [0.2, 0.25) is 0 Å². The number of esters is 1. The first-order valence-electron chi connectivity index (χ1n) is 9.54. The first kappa shape index (κ1) is 20.3. The largest absolute Gasteiger partial charge is 0.478 e. The topological polar surface area (TPSA) is 68.7 Å². The minimum absolute atomic E-state index is 0.226. The van der Waals surface area contributed by atoms with Crippen molar-refractivity contribution in [2.24, 2.45) is 5.92 Å². The van der Waals surface area contributed by atoms with Crippen LogP contribution in [0.3, 0.4) is 0 Å². The molecule has 6 nitrogen and oxygen atoms in total. The highest BCUT2D eigenvalue weighted by molar-refractivity contribution is 7.09. The van der Waals surface area contributed by atoms with Crippen molar-refractivity contribution in [2.45, 2.75) is 53.2 Å². The van der Waals surface area contributed by atoms with Gasteiger partial charge in [-0.05, 0) is 44.4 Å². The smallest absolute Gasteiger partial charge is 0.328 e. The van der Waals surface area contributed by atoms with Gasteiger partial charge in [0.25, 0.3) is 5.91 Å². The molecule has 0 radical (unpaired) electrons. The number of benzene rings is 1. The molecule has 0 bridgehead atoms. The number of nitrogens with zero attached hydrogens (tertiary/aromatic N) is 2. The monoisotopic (exact) mass is 402 g/mol. The van der Waals surface area contributed by atoms with Crippen LogP contribution in [0.25, 0.3) is 11.3 Å². The third kappa shape index (κ3) is 4.04. The van der Waals surface area contributed by atoms with Gasteiger partial charge in [0.1, 0.15) is 11.8 Å². The molecule has 1 amide bonds. The summed E-state index contributed by atoms with van der Waals surface area (Å²) in [7, 11) is 0. The summed E-state index contributed by atoms with van der Waals surface area (Å²) in [6, 6.07) is 4.89. The molecule has 1 aromatic carbocycles. The molecule has 2 atom stereocenters. The van der Waals surface area contributed by atoms with Gasteiger partial charge in [-0.15, -0.1) is 11.3 Å². The summed E-state index contributed by atoms with van der Waals surface area (Å²) in [5.41, 5.74) is 2.29. The van der Waals surface area contributed by atoms with Crippen LogP contribution in [0.4, 0.5) is 5.69 Å². The average molecular weight is 403 g/mol. The number of aryl methyl sites for hydroxylation is 1. The van der Waals surface area contributed by atoms with Crippen LogP contribution in [0, 0.1) is 12.8 Å². The van der Waals surface area contributed by atoms with Gasteiger partial charge in [0, 0.05) is 10.9 Å². The van der Waals surface area contributed by atoms with E-state index in [0.717, 1.165) is 16.3 Å². The molecule has 0 spiro atoms. The summed E-state index contributed by atoms with van der Waals surface area (Å²) in [6.07, 6.45) is -0.0875.